The zero-order chi connectivity index (χ0) is 12.7. The van der Waals surface area contributed by atoms with Crippen LogP contribution in [0.5, 0.6) is 0 Å². The first-order valence-corrected chi connectivity index (χ1v) is 5.30. The molecule has 0 aromatic heterocycles. The van der Waals surface area contributed by atoms with Gasteiger partial charge in [0.2, 0.25) is 0 Å². The lowest BCUT2D eigenvalue weighted by Crippen LogP contribution is -2.34. The minimum atomic E-state index is -4.42. The van der Waals surface area contributed by atoms with E-state index in [2.05, 4.69) is 5.32 Å². The third-order valence-electron chi connectivity index (χ3n) is 2.87. The van der Waals surface area contributed by atoms with Crippen LogP contribution < -0.4 is 5.32 Å². The Kier molecular flexibility index (Phi) is 2.64. The largest absolute Gasteiger partial charge is 0.416 e. The molecule has 0 heterocycles. The topological polar surface area (TPSA) is 29.1 Å². The summed E-state index contributed by atoms with van der Waals surface area (Å²) >= 11 is 0. The van der Waals surface area contributed by atoms with Crippen LogP contribution in [0, 0.1) is 0 Å². The van der Waals surface area contributed by atoms with Crippen LogP contribution in [0.25, 0.3) is 0 Å². The van der Waals surface area contributed by atoms with Gasteiger partial charge < -0.3 is 5.32 Å². The van der Waals surface area contributed by atoms with Crippen LogP contribution in [0.2, 0.25) is 0 Å². The summed E-state index contributed by atoms with van der Waals surface area (Å²) in [5, 5.41) is 2.72. The van der Waals surface area contributed by atoms with Gasteiger partial charge in [-0.25, -0.2) is 0 Å². The first-order chi connectivity index (χ1) is 7.80. The molecule has 1 saturated carbocycles. The van der Waals surface area contributed by atoms with E-state index in [1.54, 1.807) is 0 Å². The van der Waals surface area contributed by atoms with Crippen molar-refractivity contribution in [3.05, 3.63) is 35.4 Å². The Hall–Kier alpha value is -1.52. The fourth-order valence-electron chi connectivity index (χ4n) is 1.50. The molecule has 0 unspecified atom stereocenters. The summed E-state index contributed by atoms with van der Waals surface area (Å²) in [6, 6.07) is 4.46. The molecule has 1 fully saturated rings. The Morgan fingerprint density at radius 3 is 2.53 bits per heavy atom. The highest BCUT2D eigenvalue weighted by Gasteiger charge is 2.39. The highest BCUT2D eigenvalue weighted by molar-refractivity contribution is 5.95. The van der Waals surface area contributed by atoms with Gasteiger partial charge in [-0.1, -0.05) is 6.07 Å². The van der Waals surface area contributed by atoms with Crippen LogP contribution in [-0.4, -0.2) is 11.4 Å². The molecule has 5 heteroatoms. The molecule has 0 saturated heterocycles. The molecule has 2 nitrogen and oxygen atoms in total. The lowest BCUT2D eigenvalue weighted by Gasteiger charge is -2.12. The third-order valence-corrected chi connectivity index (χ3v) is 2.87. The van der Waals surface area contributed by atoms with Crippen molar-refractivity contribution in [1.29, 1.82) is 0 Å². The van der Waals surface area contributed by atoms with Crippen molar-refractivity contribution in [2.75, 3.05) is 0 Å². The van der Waals surface area contributed by atoms with Crippen molar-refractivity contribution in [3.8, 4) is 0 Å². The van der Waals surface area contributed by atoms with E-state index in [1.165, 1.54) is 12.1 Å². The lowest BCUT2D eigenvalue weighted by atomic mass is 10.1. The van der Waals surface area contributed by atoms with Crippen LogP contribution in [0.3, 0.4) is 0 Å². The third kappa shape index (κ3) is 2.78. The second-order valence-corrected chi connectivity index (χ2v) is 4.59. The molecule has 17 heavy (non-hydrogen) atoms. The Morgan fingerprint density at radius 1 is 1.35 bits per heavy atom. The smallest absolute Gasteiger partial charge is 0.347 e. The van der Waals surface area contributed by atoms with Crippen molar-refractivity contribution in [3.63, 3.8) is 0 Å². The maximum Gasteiger partial charge on any atom is 0.416 e. The molecule has 0 atom stereocenters. The number of alkyl halides is 3. The fraction of sp³-hybridized carbons (Fsp3) is 0.417. The molecule has 0 spiro atoms. The number of hydrogen-bond donors (Lipinski definition) is 1. The second kappa shape index (κ2) is 3.75. The molecule has 2 rings (SSSR count). The van der Waals surface area contributed by atoms with Crippen molar-refractivity contribution in [2.45, 2.75) is 31.5 Å². The molecule has 92 valence electrons. The predicted octanol–water partition coefficient (Wildman–Crippen LogP) is 2.99. The molecule has 1 aromatic rings. The molecular weight excluding hydrogens is 231 g/mol. The first-order valence-electron chi connectivity index (χ1n) is 5.30. The Bertz CT molecular complexity index is 449. The van der Waals surface area contributed by atoms with Gasteiger partial charge in [0.05, 0.1) is 5.56 Å². The summed E-state index contributed by atoms with van der Waals surface area (Å²) < 4.78 is 37.3. The standard InChI is InChI=1S/C12H12F3NO/c1-11(5-6-11)16-10(17)8-3-2-4-9(7-8)12(13,14)15/h2-4,7H,5-6H2,1H3,(H,16,17). The number of carbonyl (C=O) groups excluding carboxylic acids is 1. The SMILES string of the molecule is CC1(NC(=O)c2cccc(C(F)(F)F)c2)CC1. The molecular formula is C12H12F3NO. The minimum Gasteiger partial charge on any atom is -0.347 e. The number of nitrogens with one attached hydrogen (secondary N) is 1. The zero-order valence-electron chi connectivity index (χ0n) is 9.27. The van der Waals surface area contributed by atoms with Crippen LogP contribution in [0.15, 0.2) is 24.3 Å². The van der Waals surface area contributed by atoms with E-state index in [0.29, 0.717) is 0 Å². The van der Waals surface area contributed by atoms with Crippen LogP contribution in [-0.2, 0) is 6.18 Å². The van der Waals surface area contributed by atoms with E-state index in [-0.39, 0.29) is 11.1 Å². The molecule has 0 radical (unpaired) electrons. The first kappa shape index (κ1) is 12.0. The number of amides is 1. The van der Waals surface area contributed by atoms with Gasteiger partial charge in [0.15, 0.2) is 0 Å². The van der Waals surface area contributed by atoms with Gasteiger partial charge in [0.1, 0.15) is 0 Å². The number of hydrogen-bond acceptors (Lipinski definition) is 1. The van der Waals surface area contributed by atoms with Crippen LogP contribution in [0.1, 0.15) is 35.7 Å². The number of rotatable bonds is 2. The average molecular weight is 243 g/mol. The zero-order valence-corrected chi connectivity index (χ0v) is 9.27. The Morgan fingerprint density at radius 2 is 2.00 bits per heavy atom. The summed E-state index contributed by atoms with van der Waals surface area (Å²) in [4.78, 5) is 11.7. The van der Waals surface area contributed by atoms with E-state index in [1.807, 2.05) is 6.92 Å². The van der Waals surface area contributed by atoms with Gasteiger partial charge in [0.25, 0.3) is 5.91 Å². The van der Waals surface area contributed by atoms with Crippen molar-refractivity contribution in [1.82, 2.24) is 5.32 Å². The van der Waals surface area contributed by atoms with Gasteiger partial charge in [-0.2, -0.15) is 13.2 Å². The van der Waals surface area contributed by atoms with Crippen molar-refractivity contribution < 1.29 is 18.0 Å². The normalized spacial score (nSPS) is 17.6. The summed E-state index contributed by atoms with van der Waals surface area (Å²) in [6.07, 6.45) is -2.67. The summed E-state index contributed by atoms with van der Waals surface area (Å²) in [7, 11) is 0. The summed E-state index contributed by atoms with van der Waals surface area (Å²) in [5.41, 5.74) is -0.982. The highest BCUT2D eigenvalue weighted by Crippen LogP contribution is 2.35. The second-order valence-electron chi connectivity index (χ2n) is 4.59. The fourth-order valence-corrected chi connectivity index (χ4v) is 1.50. The van der Waals surface area contributed by atoms with Gasteiger partial charge in [-0.3, -0.25) is 4.79 Å². The summed E-state index contributed by atoms with van der Waals surface area (Å²) in [6.45, 7) is 1.87. The quantitative estimate of drug-likeness (QED) is 0.850. The molecule has 1 aromatic carbocycles. The minimum absolute atomic E-state index is 0.0490. The van der Waals surface area contributed by atoms with Crippen molar-refractivity contribution >= 4 is 5.91 Å². The van der Waals surface area contributed by atoms with E-state index in [9.17, 15) is 18.0 Å². The number of benzene rings is 1. The van der Waals surface area contributed by atoms with Crippen LogP contribution >= 0.6 is 0 Å². The molecule has 0 aliphatic heterocycles. The molecule has 1 aliphatic carbocycles. The lowest BCUT2D eigenvalue weighted by molar-refractivity contribution is -0.137. The maximum atomic E-state index is 12.4. The van der Waals surface area contributed by atoms with Gasteiger partial charge >= 0.3 is 6.18 Å². The average Bonchev–Trinajstić information content (AvgIpc) is 2.95. The van der Waals surface area contributed by atoms with Crippen molar-refractivity contribution in [2.24, 2.45) is 0 Å². The summed E-state index contributed by atoms with van der Waals surface area (Å²) in [5.74, 6) is -0.448. The maximum absolute atomic E-state index is 12.4. The monoisotopic (exact) mass is 243 g/mol. The molecule has 1 aliphatic rings. The number of halogens is 3. The molecule has 0 bridgehead atoms. The van der Waals surface area contributed by atoms with E-state index < -0.39 is 17.6 Å². The van der Waals surface area contributed by atoms with Gasteiger partial charge in [-0.15, -0.1) is 0 Å². The number of carbonyl (C=O) groups is 1. The molecule has 1 amide bonds. The van der Waals surface area contributed by atoms with E-state index in [0.717, 1.165) is 25.0 Å². The highest BCUT2D eigenvalue weighted by atomic mass is 19.4. The Balaban J connectivity index is 2.18. The van der Waals surface area contributed by atoms with E-state index in [4.69, 9.17) is 0 Å². The van der Waals surface area contributed by atoms with Gasteiger partial charge in [-0.05, 0) is 38.0 Å². The van der Waals surface area contributed by atoms with Gasteiger partial charge in [0, 0.05) is 11.1 Å². The Labute approximate surface area is 96.8 Å². The van der Waals surface area contributed by atoms with E-state index >= 15 is 0 Å². The van der Waals surface area contributed by atoms with Crippen LogP contribution in [0.4, 0.5) is 13.2 Å². The predicted molar refractivity (Wildman–Crippen MR) is 56.5 cm³/mol. The molecule has 1 N–H and O–H groups in total.